The van der Waals surface area contributed by atoms with Crippen molar-refractivity contribution in [3.63, 3.8) is 0 Å². The van der Waals surface area contributed by atoms with Gasteiger partial charge in [-0.2, -0.15) is 0 Å². The van der Waals surface area contributed by atoms with Crippen molar-refractivity contribution in [3.8, 4) is 5.69 Å². The summed E-state index contributed by atoms with van der Waals surface area (Å²) in [5.41, 5.74) is 1.67. The van der Waals surface area contributed by atoms with Gasteiger partial charge in [-0.3, -0.25) is 0 Å². The van der Waals surface area contributed by atoms with Crippen molar-refractivity contribution in [2.75, 3.05) is 25.0 Å². The summed E-state index contributed by atoms with van der Waals surface area (Å²) in [7, 11) is 0. The summed E-state index contributed by atoms with van der Waals surface area (Å²) >= 11 is 0. The molecule has 1 aliphatic heterocycles. The van der Waals surface area contributed by atoms with Crippen LogP contribution in [0.25, 0.3) is 5.69 Å². The summed E-state index contributed by atoms with van der Waals surface area (Å²) in [6, 6.07) is 7.48. The molecule has 1 aromatic heterocycles. The van der Waals surface area contributed by atoms with E-state index in [2.05, 4.69) is 29.5 Å². The molecule has 0 radical (unpaired) electrons. The summed E-state index contributed by atoms with van der Waals surface area (Å²) < 4.78 is 7.54. The fraction of sp³-hybridized carbons (Fsp3) is 0.500. The third kappa shape index (κ3) is 4.79. The lowest BCUT2D eigenvalue weighted by atomic mass is 10.1. The van der Waals surface area contributed by atoms with E-state index in [0.717, 1.165) is 43.9 Å². The van der Waals surface area contributed by atoms with Crippen LogP contribution in [0.2, 0.25) is 0 Å². The Morgan fingerprint density at radius 3 is 2.60 bits per heavy atom. The molecule has 1 fully saturated rings. The molecule has 25 heavy (non-hydrogen) atoms. The number of amides is 2. The van der Waals surface area contributed by atoms with Crippen molar-refractivity contribution >= 4 is 11.7 Å². The Labute approximate surface area is 148 Å². The molecule has 2 amide bonds. The van der Waals surface area contributed by atoms with Gasteiger partial charge in [0.15, 0.2) is 0 Å². The number of aromatic nitrogens is 3. The number of hydrogen-bond donors (Lipinski definition) is 1. The average molecular weight is 343 g/mol. The Hall–Kier alpha value is -2.41. The van der Waals surface area contributed by atoms with E-state index in [9.17, 15) is 4.79 Å². The molecule has 7 heteroatoms. The van der Waals surface area contributed by atoms with Crippen LogP contribution in [-0.4, -0.2) is 51.7 Å². The van der Waals surface area contributed by atoms with Crippen molar-refractivity contribution in [2.45, 2.75) is 32.8 Å². The van der Waals surface area contributed by atoms with Gasteiger partial charge in [0.05, 0.1) is 24.2 Å². The van der Waals surface area contributed by atoms with Crippen LogP contribution in [0, 0.1) is 5.92 Å². The second kappa shape index (κ2) is 8.11. The van der Waals surface area contributed by atoms with Crippen LogP contribution in [0.1, 0.15) is 26.7 Å². The molecule has 2 aromatic rings. The van der Waals surface area contributed by atoms with Crippen LogP contribution in [0.4, 0.5) is 10.5 Å². The van der Waals surface area contributed by atoms with Crippen molar-refractivity contribution in [2.24, 2.45) is 5.92 Å². The number of rotatable bonds is 5. The number of nitrogens with zero attached hydrogens (tertiary/aromatic N) is 4. The van der Waals surface area contributed by atoms with E-state index in [1.165, 1.54) is 0 Å². The first-order chi connectivity index (χ1) is 12.1. The second-order valence-corrected chi connectivity index (χ2v) is 6.74. The summed E-state index contributed by atoms with van der Waals surface area (Å²) in [4.78, 5) is 14.2. The van der Waals surface area contributed by atoms with Crippen molar-refractivity contribution in [1.82, 2.24) is 19.9 Å². The standard InChI is InChI=1S/C18H25N5O2/c1-14(2)13-25-17-7-10-22(11-8-17)18(24)20-15-3-5-16(6-4-15)23-12-9-19-21-23/h3-6,9,12,14,17H,7-8,10-11,13H2,1-2H3,(H,20,24). The van der Waals surface area contributed by atoms with Crippen LogP contribution in [0.5, 0.6) is 0 Å². The molecule has 0 aliphatic carbocycles. The zero-order valence-electron chi connectivity index (χ0n) is 14.8. The van der Waals surface area contributed by atoms with Crippen LogP contribution in [-0.2, 0) is 4.74 Å². The number of hydrogen-bond acceptors (Lipinski definition) is 4. The Bertz CT molecular complexity index is 661. The number of piperidine rings is 1. The maximum atomic E-state index is 12.4. The van der Waals surface area contributed by atoms with Gasteiger partial charge in [-0.1, -0.05) is 19.1 Å². The Balaban J connectivity index is 1.48. The van der Waals surface area contributed by atoms with E-state index in [0.29, 0.717) is 5.92 Å². The highest BCUT2D eigenvalue weighted by atomic mass is 16.5. The van der Waals surface area contributed by atoms with Gasteiger partial charge in [0.1, 0.15) is 0 Å². The minimum atomic E-state index is -0.0594. The van der Waals surface area contributed by atoms with Crippen LogP contribution in [0.3, 0.4) is 0 Å². The van der Waals surface area contributed by atoms with Crippen molar-refractivity contribution in [3.05, 3.63) is 36.7 Å². The third-order valence-electron chi connectivity index (χ3n) is 4.20. The van der Waals surface area contributed by atoms with Gasteiger partial charge in [0, 0.05) is 25.4 Å². The molecule has 1 N–H and O–H groups in total. The van der Waals surface area contributed by atoms with Crippen molar-refractivity contribution in [1.29, 1.82) is 0 Å². The normalized spacial score (nSPS) is 15.6. The molecule has 0 atom stereocenters. The molecule has 1 aromatic carbocycles. The number of carbonyl (C=O) groups is 1. The molecule has 0 spiro atoms. The van der Waals surface area contributed by atoms with Crippen LogP contribution < -0.4 is 5.32 Å². The zero-order valence-corrected chi connectivity index (χ0v) is 14.8. The Morgan fingerprint density at radius 2 is 2.00 bits per heavy atom. The van der Waals surface area contributed by atoms with E-state index in [1.54, 1.807) is 17.1 Å². The minimum absolute atomic E-state index is 0.0594. The molecular formula is C18H25N5O2. The molecule has 3 rings (SSSR count). The van der Waals surface area contributed by atoms with Gasteiger partial charge < -0.3 is 15.0 Å². The lowest BCUT2D eigenvalue weighted by molar-refractivity contribution is 0.00300. The summed E-state index contributed by atoms with van der Waals surface area (Å²) in [5, 5.41) is 10.7. The first-order valence-electron chi connectivity index (χ1n) is 8.76. The monoisotopic (exact) mass is 343 g/mol. The summed E-state index contributed by atoms with van der Waals surface area (Å²) in [5.74, 6) is 0.543. The molecule has 7 nitrogen and oxygen atoms in total. The van der Waals surface area contributed by atoms with Gasteiger partial charge in [0.25, 0.3) is 0 Å². The van der Waals surface area contributed by atoms with Gasteiger partial charge in [-0.05, 0) is 43.0 Å². The van der Waals surface area contributed by atoms with Gasteiger partial charge in [0.2, 0.25) is 0 Å². The first-order valence-corrected chi connectivity index (χ1v) is 8.76. The van der Waals surface area contributed by atoms with Crippen molar-refractivity contribution < 1.29 is 9.53 Å². The van der Waals surface area contributed by atoms with Gasteiger partial charge >= 0.3 is 6.03 Å². The van der Waals surface area contributed by atoms with E-state index < -0.39 is 0 Å². The maximum absolute atomic E-state index is 12.4. The molecule has 134 valence electrons. The van der Waals surface area contributed by atoms with E-state index in [1.807, 2.05) is 29.2 Å². The first kappa shape index (κ1) is 17.4. The number of carbonyl (C=O) groups excluding carboxylic acids is 1. The molecule has 0 bridgehead atoms. The fourth-order valence-electron chi connectivity index (χ4n) is 2.80. The maximum Gasteiger partial charge on any atom is 0.321 e. The molecule has 2 heterocycles. The molecule has 1 aliphatic rings. The van der Waals surface area contributed by atoms with Crippen LogP contribution in [0.15, 0.2) is 36.7 Å². The number of urea groups is 1. The highest BCUT2D eigenvalue weighted by Crippen LogP contribution is 2.17. The zero-order chi connectivity index (χ0) is 17.6. The summed E-state index contributed by atoms with van der Waals surface area (Å²) in [6.07, 6.45) is 5.47. The number of nitrogens with one attached hydrogen (secondary N) is 1. The topological polar surface area (TPSA) is 72.3 Å². The predicted octanol–water partition coefficient (Wildman–Crippen LogP) is 2.94. The number of anilines is 1. The fourth-order valence-corrected chi connectivity index (χ4v) is 2.80. The number of likely N-dealkylation sites (tertiary alicyclic amines) is 1. The van der Waals surface area contributed by atoms with Gasteiger partial charge in [-0.15, -0.1) is 5.10 Å². The third-order valence-corrected chi connectivity index (χ3v) is 4.20. The average Bonchev–Trinajstić information content (AvgIpc) is 3.15. The quantitative estimate of drug-likeness (QED) is 0.906. The molecular weight excluding hydrogens is 318 g/mol. The highest BCUT2D eigenvalue weighted by Gasteiger charge is 2.23. The summed E-state index contributed by atoms with van der Waals surface area (Å²) in [6.45, 7) is 6.54. The lowest BCUT2D eigenvalue weighted by Gasteiger charge is -2.32. The lowest BCUT2D eigenvalue weighted by Crippen LogP contribution is -2.43. The van der Waals surface area contributed by atoms with E-state index >= 15 is 0 Å². The largest absolute Gasteiger partial charge is 0.378 e. The Kier molecular flexibility index (Phi) is 5.65. The van der Waals surface area contributed by atoms with E-state index in [4.69, 9.17) is 4.74 Å². The molecule has 0 unspecified atom stereocenters. The predicted molar refractivity (Wildman–Crippen MR) is 95.8 cm³/mol. The SMILES string of the molecule is CC(C)COC1CCN(C(=O)Nc2ccc(-n3ccnn3)cc2)CC1. The molecule has 1 saturated heterocycles. The molecule has 0 saturated carbocycles. The highest BCUT2D eigenvalue weighted by molar-refractivity contribution is 5.89. The van der Waals surface area contributed by atoms with E-state index in [-0.39, 0.29) is 12.1 Å². The number of benzene rings is 1. The minimum Gasteiger partial charge on any atom is -0.378 e. The smallest absolute Gasteiger partial charge is 0.321 e. The van der Waals surface area contributed by atoms with Crippen LogP contribution >= 0.6 is 0 Å². The van der Waals surface area contributed by atoms with Gasteiger partial charge in [-0.25, -0.2) is 9.48 Å². The number of ether oxygens (including phenoxy) is 1. The Morgan fingerprint density at radius 1 is 1.28 bits per heavy atom. The second-order valence-electron chi connectivity index (χ2n) is 6.74.